The van der Waals surface area contributed by atoms with Crippen LogP contribution in [0.1, 0.15) is 46.8 Å². The molecule has 7 nitrogen and oxygen atoms in total. The molecule has 0 aliphatic carbocycles. The molecule has 0 saturated carbocycles. The van der Waals surface area contributed by atoms with Crippen molar-refractivity contribution in [1.82, 2.24) is 9.91 Å². The Hall–Kier alpha value is -2.84. The van der Waals surface area contributed by atoms with Gasteiger partial charge in [0.2, 0.25) is 0 Å². The highest BCUT2D eigenvalue weighted by Gasteiger charge is 2.20. The molecule has 1 saturated heterocycles. The summed E-state index contributed by atoms with van der Waals surface area (Å²) in [5, 5.41) is 9.64. The highest BCUT2D eigenvalue weighted by molar-refractivity contribution is 7.99. The number of nitrogens with zero attached hydrogens (tertiary/aromatic N) is 3. The van der Waals surface area contributed by atoms with Crippen LogP contribution in [0.3, 0.4) is 0 Å². The maximum absolute atomic E-state index is 12.8. The standard InChI is InChI=1S/C27H34N4O3S/c1-2-3-14-34-26(32)20-30-11-10-22-8-9-25(17-24(22)19-30)29-27(33)23-6-4-21(5-7-23)18-28-31-12-15-35-16-13-31/h4-9,17-18H,2-3,10-16,19-20H2,1H3,(H,29,33). The van der Waals surface area contributed by atoms with Crippen molar-refractivity contribution in [2.45, 2.75) is 32.7 Å². The van der Waals surface area contributed by atoms with E-state index in [9.17, 15) is 9.59 Å². The Balaban J connectivity index is 1.31. The fourth-order valence-corrected chi connectivity index (χ4v) is 5.01. The van der Waals surface area contributed by atoms with Crippen LogP contribution in [0.2, 0.25) is 0 Å². The Morgan fingerprint density at radius 1 is 1.09 bits per heavy atom. The summed E-state index contributed by atoms with van der Waals surface area (Å²) in [7, 11) is 0. The maximum Gasteiger partial charge on any atom is 0.320 e. The summed E-state index contributed by atoms with van der Waals surface area (Å²) in [5.74, 6) is 1.91. The van der Waals surface area contributed by atoms with Crippen LogP contribution in [-0.4, -0.2) is 72.3 Å². The van der Waals surface area contributed by atoms with Gasteiger partial charge in [-0.15, -0.1) is 0 Å². The van der Waals surface area contributed by atoms with Crippen LogP contribution in [0.15, 0.2) is 47.6 Å². The number of nitrogens with one attached hydrogen (secondary N) is 1. The van der Waals surface area contributed by atoms with Gasteiger partial charge in [0.05, 0.1) is 19.4 Å². The van der Waals surface area contributed by atoms with Gasteiger partial charge in [-0.1, -0.05) is 31.5 Å². The summed E-state index contributed by atoms with van der Waals surface area (Å²) in [4.78, 5) is 27.0. The van der Waals surface area contributed by atoms with Crippen LogP contribution in [0.25, 0.3) is 0 Å². The minimum Gasteiger partial charge on any atom is -0.465 e. The van der Waals surface area contributed by atoms with Crippen molar-refractivity contribution >= 4 is 35.5 Å². The van der Waals surface area contributed by atoms with Gasteiger partial charge in [-0.2, -0.15) is 16.9 Å². The lowest BCUT2D eigenvalue weighted by atomic mass is 9.99. The van der Waals surface area contributed by atoms with Gasteiger partial charge < -0.3 is 10.1 Å². The van der Waals surface area contributed by atoms with Gasteiger partial charge in [0.15, 0.2) is 0 Å². The molecule has 2 aromatic rings. The van der Waals surface area contributed by atoms with Crippen molar-refractivity contribution in [3.05, 3.63) is 64.7 Å². The van der Waals surface area contributed by atoms with E-state index in [1.54, 1.807) is 0 Å². The molecule has 8 heteroatoms. The van der Waals surface area contributed by atoms with E-state index in [1.165, 1.54) is 5.56 Å². The third kappa shape index (κ3) is 7.57. The Labute approximate surface area is 211 Å². The second-order valence-corrected chi connectivity index (χ2v) is 10.1. The van der Waals surface area contributed by atoms with E-state index in [2.05, 4.69) is 33.3 Å². The molecular formula is C27H34N4O3S. The Kier molecular flexibility index (Phi) is 9.20. The number of fused-ring (bicyclic) bond motifs is 1. The van der Waals surface area contributed by atoms with Gasteiger partial charge in [0.1, 0.15) is 0 Å². The van der Waals surface area contributed by atoms with Crippen LogP contribution in [-0.2, 0) is 22.5 Å². The van der Waals surface area contributed by atoms with Crippen LogP contribution in [0.5, 0.6) is 0 Å². The molecule has 0 radical (unpaired) electrons. The Morgan fingerprint density at radius 3 is 2.66 bits per heavy atom. The lowest BCUT2D eigenvalue weighted by molar-refractivity contribution is -0.145. The highest BCUT2D eigenvalue weighted by Crippen LogP contribution is 2.23. The molecule has 0 aromatic heterocycles. The maximum atomic E-state index is 12.8. The predicted molar refractivity (Wildman–Crippen MR) is 142 cm³/mol. The molecular weight excluding hydrogens is 460 g/mol. The molecule has 0 spiro atoms. The van der Waals surface area contributed by atoms with Crippen LogP contribution < -0.4 is 5.32 Å². The monoisotopic (exact) mass is 494 g/mol. The molecule has 186 valence electrons. The first-order valence-corrected chi connectivity index (χ1v) is 13.5. The molecule has 1 fully saturated rings. The zero-order chi connectivity index (χ0) is 24.5. The van der Waals surface area contributed by atoms with E-state index < -0.39 is 0 Å². The van der Waals surface area contributed by atoms with Gasteiger partial charge in [0.25, 0.3) is 5.91 Å². The van der Waals surface area contributed by atoms with E-state index in [1.807, 2.05) is 54.4 Å². The third-order valence-corrected chi connectivity index (χ3v) is 7.14. The normalized spacial score (nSPS) is 16.2. The Bertz CT molecular complexity index is 1040. The average molecular weight is 495 g/mol. The van der Waals surface area contributed by atoms with Gasteiger partial charge in [-0.25, -0.2) is 0 Å². The van der Waals surface area contributed by atoms with E-state index in [4.69, 9.17) is 4.74 Å². The number of benzene rings is 2. The van der Waals surface area contributed by atoms with Crippen LogP contribution >= 0.6 is 11.8 Å². The lowest BCUT2D eigenvalue weighted by Gasteiger charge is -2.28. The molecule has 2 heterocycles. The number of amides is 1. The largest absolute Gasteiger partial charge is 0.465 e. The van der Waals surface area contributed by atoms with Crippen molar-refractivity contribution in [3.63, 3.8) is 0 Å². The highest BCUT2D eigenvalue weighted by atomic mass is 32.2. The zero-order valence-corrected chi connectivity index (χ0v) is 21.2. The fourth-order valence-electron chi connectivity index (χ4n) is 4.13. The van der Waals surface area contributed by atoms with E-state index in [0.29, 0.717) is 25.3 Å². The molecule has 35 heavy (non-hydrogen) atoms. The van der Waals surface area contributed by atoms with Crippen molar-refractivity contribution in [2.24, 2.45) is 5.10 Å². The number of hydrazone groups is 1. The first-order valence-electron chi connectivity index (χ1n) is 12.4. The number of ether oxygens (including phenoxy) is 1. The van der Waals surface area contributed by atoms with Crippen LogP contribution in [0.4, 0.5) is 5.69 Å². The number of carbonyl (C=O) groups excluding carboxylic acids is 2. The summed E-state index contributed by atoms with van der Waals surface area (Å²) in [6.07, 6.45) is 4.64. The van der Waals surface area contributed by atoms with Gasteiger partial charge >= 0.3 is 5.97 Å². The van der Waals surface area contributed by atoms with Gasteiger partial charge in [0, 0.05) is 48.9 Å². The topological polar surface area (TPSA) is 74.2 Å². The quantitative estimate of drug-likeness (QED) is 0.322. The first kappa shape index (κ1) is 25.3. The van der Waals surface area contributed by atoms with Crippen molar-refractivity contribution in [1.29, 1.82) is 0 Å². The summed E-state index contributed by atoms with van der Waals surface area (Å²) >= 11 is 1.96. The second kappa shape index (κ2) is 12.7. The smallest absolute Gasteiger partial charge is 0.320 e. The lowest BCUT2D eigenvalue weighted by Crippen LogP contribution is -2.35. The molecule has 0 unspecified atom stereocenters. The molecule has 0 bridgehead atoms. The predicted octanol–water partition coefficient (Wildman–Crippen LogP) is 4.02. The van der Waals surface area contributed by atoms with Crippen molar-refractivity contribution in [3.8, 4) is 0 Å². The summed E-state index contributed by atoms with van der Waals surface area (Å²) in [5.41, 5.74) is 4.73. The number of hydrogen-bond acceptors (Lipinski definition) is 7. The van der Waals surface area contributed by atoms with Crippen molar-refractivity contribution < 1.29 is 14.3 Å². The number of thioether (sulfide) groups is 1. The minimum absolute atomic E-state index is 0.145. The number of rotatable bonds is 9. The van der Waals surface area contributed by atoms with Gasteiger partial charge in [-0.3, -0.25) is 19.5 Å². The summed E-state index contributed by atoms with van der Waals surface area (Å²) in [6.45, 7) is 6.31. The molecule has 0 atom stereocenters. The summed E-state index contributed by atoms with van der Waals surface area (Å²) < 4.78 is 5.30. The first-order chi connectivity index (χ1) is 17.1. The molecule has 2 aliphatic heterocycles. The summed E-state index contributed by atoms with van der Waals surface area (Å²) in [6, 6.07) is 13.5. The Morgan fingerprint density at radius 2 is 1.89 bits per heavy atom. The number of esters is 1. The number of unbranched alkanes of at least 4 members (excludes halogenated alkanes) is 1. The van der Waals surface area contributed by atoms with E-state index in [0.717, 1.165) is 67.2 Å². The number of anilines is 1. The number of carbonyl (C=O) groups is 2. The molecule has 1 amide bonds. The number of hydrogen-bond donors (Lipinski definition) is 1. The SMILES string of the molecule is CCCCOC(=O)CN1CCc2ccc(NC(=O)c3ccc(C=NN4CCSCC4)cc3)cc2C1. The second-order valence-electron chi connectivity index (χ2n) is 8.90. The average Bonchev–Trinajstić information content (AvgIpc) is 2.88. The fraction of sp³-hybridized carbons (Fsp3) is 0.444. The molecule has 2 aromatic carbocycles. The molecule has 1 N–H and O–H groups in total. The van der Waals surface area contributed by atoms with Crippen molar-refractivity contribution in [2.75, 3.05) is 49.6 Å². The van der Waals surface area contributed by atoms with Gasteiger partial charge in [-0.05, 0) is 53.8 Å². The minimum atomic E-state index is -0.171. The molecule has 2 aliphatic rings. The van der Waals surface area contributed by atoms with E-state index in [-0.39, 0.29) is 11.9 Å². The van der Waals surface area contributed by atoms with Crippen LogP contribution in [0, 0.1) is 0 Å². The zero-order valence-electron chi connectivity index (χ0n) is 20.4. The van der Waals surface area contributed by atoms with E-state index >= 15 is 0 Å². The third-order valence-electron chi connectivity index (χ3n) is 6.20. The molecule has 4 rings (SSSR count).